The minimum atomic E-state index is -0.193. The highest BCUT2D eigenvalue weighted by Gasteiger charge is 2.59. The number of aromatic nitrogens is 1. The number of hydrogen-bond acceptors (Lipinski definition) is 6. The molecule has 35 heavy (non-hydrogen) atoms. The lowest BCUT2D eigenvalue weighted by Gasteiger charge is -2.17. The third-order valence-corrected chi connectivity index (χ3v) is 10.1. The summed E-state index contributed by atoms with van der Waals surface area (Å²) in [5.41, 5.74) is 6.75. The van der Waals surface area contributed by atoms with Gasteiger partial charge in [0, 0.05) is 11.3 Å². The maximum absolute atomic E-state index is 13.2. The van der Waals surface area contributed by atoms with Gasteiger partial charge in [-0.1, -0.05) is 30.0 Å². The van der Waals surface area contributed by atoms with E-state index in [0.29, 0.717) is 5.69 Å². The van der Waals surface area contributed by atoms with Crippen LogP contribution in [-0.4, -0.2) is 22.6 Å². The smallest absolute Gasteiger partial charge is 0.238 e. The highest BCUT2D eigenvalue weighted by Crippen LogP contribution is 2.53. The molecule has 178 valence electrons. The Bertz CT molecular complexity index is 1440. The van der Waals surface area contributed by atoms with E-state index in [1.54, 1.807) is 30.0 Å². The maximum Gasteiger partial charge on any atom is 0.238 e. The van der Waals surface area contributed by atoms with E-state index in [9.17, 15) is 14.4 Å². The summed E-state index contributed by atoms with van der Waals surface area (Å²) in [6.45, 7) is 7.73. The molecule has 2 amide bonds. The number of imide groups is 1. The Balaban J connectivity index is 1.26. The van der Waals surface area contributed by atoms with Crippen LogP contribution in [0.1, 0.15) is 46.0 Å². The third kappa shape index (κ3) is 3.43. The normalized spacial score (nSPS) is 24.7. The molecular formula is C28H26N2O3S2. The second kappa shape index (κ2) is 8.14. The molecule has 3 aromatic rings. The minimum Gasteiger partial charge on any atom is -0.294 e. The number of fused-ring (bicyclic) bond motifs is 6. The summed E-state index contributed by atoms with van der Waals surface area (Å²) in [5, 5.41) is 0. The lowest BCUT2D eigenvalue weighted by atomic mass is 9.85. The molecule has 7 heteroatoms. The molecule has 6 rings (SSSR count). The van der Waals surface area contributed by atoms with Gasteiger partial charge in [0.1, 0.15) is 0 Å². The number of aryl methyl sites for hydroxylation is 2. The second-order valence-corrected chi connectivity index (χ2v) is 12.2. The van der Waals surface area contributed by atoms with Crippen molar-refractivity contribution in [3.63, 3.8) is 0 Å². The molecule has 2 aliphatic carbocycles. The largest absolute Gasteiger partial charge is 0.294 e. The Morgan fingerprint density at radius 1 is 1.06 bits per heavy atom. The van der Waals surface area contributed by atoms with Crippen LogP contribution in [-0.2, 0) is 15.3 Å². The lowest BCUT2D eigenvalue weighted by molar-refractivity contribution is -0.123. The molecule has 1 saturated carbocycles. The number of nitrogens with zero attached hydrogens (tertiary/aromatic N) is 2. The van der Waals surface area contributed by atoms with Crippen LogP contribution in [0.4, 0.5) is 5.69 Å². The van der Waals surface area contributed by atoms with E-state index in [2.05, 4.69) is 25.1 Å². The van der Waals surface area contributed by atoms with Crippen molar-refractivity contribution in [3.8, 4) is 0 Å². The second-order valence-electron chi connectivity index (χ2n) is 9.98. The Hall–Kier alpha value is -2.77. The van der Waals surface area contributed by atoms with Gasteiger partial charge in [-0.3, -0.25) is 14.4 Å². The molecule has 2 aromatic carbocycles. The first-order valence-corrected chi connectivity index (χ1v) is 13.7. The third-order valence-electron chi connectivity index (χ3n) is 7.90. The van der Waals surface area contributed by atoms with Crippen molar-refractivity contribution in [2.75, 3.05) is 4.90 Å². The molecule has 0 spiro atoms. The molecule has 2 bridgehead atoms. The van der Waals surface area contributed by atoms with Gasteiger partial charge in [-0.2, -0.15) is 0 Å². The van der Waals surface area contributed by atoms with E-state index >= 15 is 0 Å². The van der Waals surface area contributed by atoms with E-state index in [1.807, 2.05) is 32.0 Å². The lowest BCUT2D eigenvalue weighted by Crippen LogP contribution is -2.32. The fourth-order valence-corrected chi connectivity index (χ4v) is 8.66. The van der Waals surface area contributed by atoms with Gasteiger partial charge in [-0.15, -0.1) is 11.3 Å². The number of thiazole rings is 1. The van der Waals surface area contributed by atoms with Gasteiger partial charge >= 0.3 is 0 Å². The van der Waals surface area contributed by atoms with Gasteiger partial charge in [-0.05, 0) is 86.4 Å². The number of amides is 2. The number of allylic oxidation sites excluding steroid dienone is 2. The Kier molecular flexibility index (Phi) is 5.27. The van der Waals surface area contributed by atoms with Gasteiger partial charge in [0.25, 0.3) is 0 Å². The Labute approximate surface area is 212 Å². The number of ketones is 1. The van der Waals surface area contributed by atoms with Crippen LogP contribution in [0, 0.1) is 44.4 Å². The SMILES string of the molecule is CC(=O)c1c(C)cc(C)c(CSc2nc3ccc(N4C(=O)[C@H]5[C@H](C4=O)[C@H]4C=C[C@H]5C4)cc3s2)c1C. The van der Waals surface area contributed by atoms with E-state index in [4.69, 9.17) is 4.98 Å². The number of carbonyl (C=O) groups excluding carboxylic acids is 3. The summed E-state index contributed by atoms with van der Waals surface area (Å²) in [6.07, 6.45) is 5.17. The summed E-state index contributed by atoms with van der Waals surface area (Å²) >= 11 is 3.23. The summed E-state index contributed by atoms with van der Waals surface area (Å²) in [5.74, 6) is 0.745. The van der Waals surface area contributed by atoms with E-state index in [0.717, 1.165) is 43.4 Å². The quantitative estimate of drug-likeness (QED) is 0.184. The average molecular weight is 503 g/mol. The van der Waals surface area contributed by atoms with Crippen LogP contribution in [0.3, 0.4) is 0 Å². The predicted octanol–water partition coefficient (Wildman–Crippen LogP) is 6.03. The molecule has 5 nitrogen and oxygen atoms in total. The van der Waals surface area contributed by atoms with Crippen molar-refractivity contribution in [2.24, 2.45) is 23.7 Å². The van der Waals surface area contributed by atoms with Crippen LogP contribution in [0.15, 0.2) is 40.8 Å². The van der Waals surface area contributed by atoms with Crippen molar-refractivity contribution in [1.29, 1.82) is 0 Å². The van der Waals surface area contributed by atoms with Crippen LogP contribution < -0.4 is 4.90 Å². The molecule has 1 aromatic heterocycles. The highest BCUT2D eigenvalue weighted by molar-refractivity contribution is 8.00. The van der Waals surface area contributed by atoms with Gasteiger partial charge < -0.3 is 0 Å². The predicted molar refractivity (Wildman–Crippen MR) is 140 cm³/mol. The highest BCUT2D eigenvalue weighted by atomic mass is 32.2. The van der Waals surface area contributed by atoms with E-state index in [-0.39, 0.29) is 41.3 Å². The first-order chi connectivity index (χ1) is 16.7. The minimum absolute atomic E-state index is 0.0538. The number of carbonyl (C=O) groups is 3. The molecule has 4 atom stereocenters. The fourth-order valence-electron chi connectivity index (χ4n) is 6.37. The molecular weight excluding hydrogens is 476 g/mol. The van der Waals surface area contributed by atoms with Crippen molar-refractivity contribution >= 4 is 56.6 Å². The van der Waals surface area contributed by atoms with Crippen LogP contribution in [0.5, 0.6) is 0 Å². The topological polar surface area (TPSA) is 67.3 Å². The summed E-state index contributed by atoms with van der Waals surface area (Å²) in [4.78, 5) is 44.7. The van der Waals surface area contributed by atoms with Crippen molar-refractivity contribution in [2.45, 2.75) is 44.2 Å². The Morgan fingerprint density at radius 3 is 2.40 bits per heavy atom. The zero-order valence-corrected chi connectivity index (χ0v) is 21.8. The monoisotopic (exact) mass is 502 g/mol. The molecule has 1 aliphatic heterocycles. The molecule has 2 heterocycles. The van der Waals surface area contributed by atoms with Crippen LogP contribution >= 0.6 is 23.1 Å². The van der Waals surface area contributed by atoms with E-state index < -0.39 is 0 Å². The standard InChI is InChI=1S/C28H26N2O3S2/c1-13-9-14(2)23(16(4)31)15(3)20(13)12-34-28-29-21-8-7-19(11-22(21)35-28)30-26(32)24-17-5-6-18(10-17)25(24)27(30)33/h5-9,11,17-18,24-25H,10,12H2,1-4H3/t17-,18-,24+,25+/m0/s1. The summed E-state index contributed by atoms with van der Waals surface area (Å²) in [7, 11) is 0. The van der Waals surface area contributed by atoms with Crippen molar-refractivity contribution in [1.82, 2.24) is 4.98 Å². The Morgan fingerprint density at radius 2 is 1.74 bits per heavy atom. The maximum atomic E-state index is 13.2. The molecule has 1 saturated heterocycles. The van der Waals surface area contributed by atoms with E-state index in [1.165, 1.54) is 16.0 Å². The molecule has 0 N–H and O–H groups in total. The summed E-state index contributed by atoms with van der Waals surface area (Å²) in [6, 6.07) is 7.77. The van der Waals surface area contributed by atoms with Gasteiger partial charge in [-0.25, -0.2) is 9.88 Å². The molecule has 2 fully saturated rings. The number of Topliss-reactive ketones (excluding diaryl/α,β-unsaturated/α-hetero) is 1. The first kappa shape index (κ1) is 22.7. The average Bonchev–Trinajstić information content (AvgIpc) is 3.55. The molecule has 0 unspecified atom stereocenters. The van der Waals surface area contributed by atoms with Crippen LogP contribution in [0.2, 0.25) is 0 Å². The van der Waals surface area contributed by atoms with Crippen molar-refractivity contribution in [3.05, 3.63) is 64.2 Å². The fraction of sp³-hybridized carbons (Fsp3) is 0.357. The van der Waals surface area contributed by atoms with Gasteiger partial charge in [0.2, 0.25) is 11.8 Å². The van der Waals surface area contributed by atoms with Gasteiger partial charge in [0.05, 0.1) is 27.7 Å². The molecule has 3 aliphatic rings. The van der Waals surface area contributed by atoms with Crippen LogP contribution in [0.25, 0.3) is 10.2 Å². The first-order valence-electron chi connectivity index (χ1n) is 11.9. The van der Waals surface area contributed by atoms with Crippen molar-refractivity contribution < 1.29 is 14.4 Å². The summed E-state index contributed by atoms with van der Waals surface area (Å²) < 4.78 is 1.89. The number of hydrogen-bond donors (Lipinski definition) is 0. The number of rotatable bonds is 5. The number of anilines is 1. The van der Waals surface area contributed by atoms with Gasteiger partial charge in [0.15, 0.2) is 10.1 Å². The number of benzene rings is 2. The zero-order chi connectivity index (χ0) is 24.6. The molecule has 0 radical (unpaired) electrons. The number of thioether (sulfide) groups is 1. The zero-order valence-electron chi connectivity index (χ0n) is 20.1.